The van der Waals surface area contributed by atoms with Gasteiger partial charge in [0.05, 0.1) is 0 Å². The Hall–Kier alpha value is -5.62. The van der Waals surface area contributed by atoms with Gasteiger partial charge in [-0.3, -0.25) is 0 Å². The fraction of sp³-hybridized carbons (Fsp3) is 0.105. The van der Waals surface area contributed by atoms with Crippen molar-refractivity contribution < 1.29 is 17.7 Å². The van der Waals surface area contributed by atoms with Crippen molar-refractivity contribution in [1.29, 1.82) is 0 Å². The first-order valence-electron chi connectivity index (χ1n) is 14.6. The predicted octanol–water partition coefficient (Wildman–Crippen LogP) is 9.66. The molecule has 0 saturated carbocycles. The highest BCUT2D eigenvalue weighted by molar-refractivity contribution is 5.85. The lowest BCUT2D eigenvalue weighted by molar-refractivity contribution is 0.560. The van der Waals surface area contributed by atoms with Gasteiger partial charge >= 0.3 is 0 Å². The van der Waals surface area contributed by atoms with Gasteiger partial charge in [-0.1, -0.05) is 36.4 Å². The lowest BCUT2D eigenvalue weighted by Gasteiger charge is -2.07. The van der Waals surface area contributed by atoms with Gasteiger partial charge in [0.2, 0.25) is 0 Å². The molecule has 0 aliphatic carbocycles. The number of aryl methyl sites for hydroxylation is 4. The van der Waals surface area contributed by atoms with Crippen LogP contribution < -0.4 is 10.7 Å². The summed E-state index contributed by atoms with van der Waals surface area (Å²) in [6, 6.07) is 31.9. The molecule has 0 N–H and O–H groups in total. The van der Waals surface area contributed by atoms with Crippen molar-refractivity contribution in [2.75, 3.05) is 0 Å². The maximum Gasteiger partial charge on any atom is 0.172 e. The second-order valence-electron chi connectivity index (χ2n) is 11.4. The van der Waals surface area contributed by atoms with Crippen molar-refractivity contribution in [2.24, 2.45) is 10.2 Å². The monoisotopic (exact) mass is 576 g/mol. The summed E-state index contributed by atoms with van der Waals surface area (Å²) in [4.78, 5) is 0. The van der Waals surface area contributed by atoms with E-state index in [1.165, 1.54) is 0 Å². The molecule has 0 radical (unpaired) electrons. The topological polar surface area (TPSA) is 77.3 Å². The highest BCUT2D eigenvalue weighted by atomic mass is 16.4. The van der Waals surface area contributed by atoms with E-state index in [1.54, 1.807) is 0 Å². The molecule has 8 aromatic rings. The molecule has 0 atom stereocenters. The largest absolute Gasteiger partial charge is 0.453 e. The van der Waals surface area contributed by atoms with E-state index in [2.05, 4.69) is 39.8 Å². The van der Waals surface area contributed by atoms with Gasteiger partial charge in [0, 0.05) is 33.7 Å². The molecule has 6 nitrogen and oxygen atoms in total. The fourth-order valence-corrected chi connectivity index (χ4v) is 5.57. The number of fused-ring (bicyclic) bond motifs is 4. The van der Waals surface area contributed by atoms with Gasteiger partial charge in [-0.05, 0) is 98.5 Å². The number of furan rings is 2. The molecule has 0 unspecified atom stereocenters. The lowest BCUT2D eigenvalue weighted by atomic mass is 10.1. The molecule has 0 fully saturated rings. The summed E-state index contributed by atoms with van der Waals surface area (Å²) in [7, 11) is 0. The number of rotatable bonds is 3. The minimum Gasteiger partial charge on any atom is -0.453 e. The van der Waals surface area contributed by atoms with Crippen molar-refractivity contribution in [1.82, 2.24) is 0 Å². The van der Waals surface area contributed by atoms with Crippen LogP contribution >= 0.6 is 0 Å². The highest BCUT2D eigenvalue weighted by Gasteiger charge is 2.14. The van der Waals surface area contributed by atoms with E-state index in [4.69, 9.17) is 27.9 Å². The van der Waals surface area contributed by atoms with Gasteiger partial charge < -0.3 is 17.7 Å². The number of hydrogen-bond acceptors (Lipinski definition) is 6. The molecule has 0 spiro atoms. The molecule has 0 aliphatic heterocycles. The standard InChI is InChI=1S/C38H28N2O4/c1-21-13-27-29(19-37(43-33(27)15-23(21)3)35-17-25-9-5-7-11-31(25)41-35)39-40-30-20-38(36-18-26-10-6-8-12-32(26)42-36)44-34-16-24(4)22(2)14-28(30)34/h5-20H,1-4H3/b39-29-,40-30+. The van der Waals surface area contributed by atoms with Crippen LogP contribution in [-0.2, 0) is 0 Å². The molecule has 0 bridgehead atoms. The number of nitrogens with zero attached hydrogens (tertiary/aromatic N) is 2. The Morgan fingerprint density at radius 1 is 0.386 bits per heavy atom. The molecule has 4 aromatic heterocycles. The number of benzene rings is 4. The van der Waals surface area contributed by atoms with Crippen LogP contribution in [0.15, 0.2) is 125 Å². The maximum absolute atomic E-state index is 6.39. The molecule has 44 heavy (non-hydrogen) atoms. The van der Waals surface area contributed by atoms with Crippen LogP contribution in [0.4, 0.5) is 0 Å². The lowest BCUT2D eigenvalue weighted by Crippen LogP contribution is -2.08. The zero-order valence-electron chi connectivity index (χ0n) is 24.8. The normalized spacial score (nSPS) is 12.8. The minimum atomic E-state index is 0.577. The highest BCUT2D eigenvalue weighted by Crippen LogP contribution is 2.31. The molecule has 0 saturated heterocycles. The van der Waals surface area contributed by atoms with Crippen LogP contribution in [0.25, 0.3) is 66.9 Å². The van der Waals surface area contributed by atoms with Gasteiger partial charge in [-0.2, -0.15) is 0 Å². The van der Waals surface area contributed by atoms with Crippen LogP contribution in [0, 0.1) is 27.7 Å². The Morgan fingerprint density at radius 3 is 1.18 bits per heavy atom. The van der Waals surface area contributed by atoms with Crippen molar-refractivity contribution in [2.45, 2.75) is 27.7 Å². The average Bonchev–Trinajstić information content (AvgIpc) is 3.66. The summed E-state index contributed by atoms with van der Waals surface area (Å²) in [5.41, 5.74) is 7.55. The Labute approximate surface area is 252 Å². The SMILES string of the molecule is Cc1cc2oc(-c3cc4ccccc4o3)c/c(=N/N=c3\cc(-c4cc5ccccc5o4)oc4cc(C)c(C)cc34)c2cc1C. The van der Waals surface area contributed by atoms with Gasteiger partial charge in [0.15, 0.2) is 23.0 Å². The third kappa shape index (κ3) is 4.43. The Bertz CT molecular complexity index is 2310. The van der Waals surface area contributed by atoms with Gasteiger partial charge in [0.25, 0.3) is 0 Å². The summed E-state index contributed by atoms with van der Waals surface area (Å²) in [6.07, 6.45) is 0. The van der Waals surface area contributed by atoms with E-state index in [0.29, 0.717) is 44.9 Å². The van der Waals surface area contributed by atoms with Crippen LogP contribution in [0.2, 0.25) is 0 Å². The minimum absolute atomic E-state index is 0.577. The van der Waals surface area contributed by atoms with Crippen LogP contribution in [-0.4, -0.2) is 0 Å². The predicted molar refractivity (Wildman–Crippen MR) is 173 cm³/mol. The fourth-order valence-electron chi connectivity index (χ4n) is 5.57. The summed E-state index contributed by atoms with van der Waals surface area (Å²) in [5, 5.41) is 14.8. The third-order valence-electron chi connectivity index (χ3n) is 8.32. The summed E-state index contributed by atoms with van der Waals surface area (Å²) in [6.45, 7) is 8.31. The molecular formula is C38H28N2O4. The van der Waals surface area contributed by atoms with E-state index in [-0.39, 0.29) is 0 Å². The molecular weight excluding hydrogens is 548 g/mol. The van der Waals surface area contributed by atoms with E-state index >= 15 is 0 Å². The zero-order valence-corrected chi connectivity index (χ0v) is 24.8. The average molecular weight is 577 g/mol. The van der Waals surface area contributed by atoms with Gasteiger partial charge in [0.1, 0.15) is 33.0 Å². The molecule has 0 amide bonds. The first-order chi connectivity index (χ1) is 21.4. The maximum atomic E-state index is 6.39. The first kappa shape index (κ1) is 26.0. The van der Waals surface area contributed by atoms with Crippen LogP contribution in [0.5, 0.6) is 0 Å². The van der Waals surface area contributed by atoms with Crippen LogP contribution in [0.3, 0.4) is 0 Å². The molecule has 8 rings (SSSR count). The molecule has 0 aliphatic rings. The van der Waals surface area contributed by atoms with Crippen molar-refractivity contribution in [3.63, 3.8) is 0 Å². The Morgan fingerprint density at radius 2 is 0.750 bits per heavy atom. The molecule has 4 aromatic carbocycles. The second-order valence-corrected chi connectivity index (χ2v) is 11.4. The van der Waals surface area contributed by atoms with E-state index in [9.17, 15) is 0 Å². The van der Waals surface area contributed by atoms with E-state index < -0.39 is 0 Å². The van der Waals surface area contributed by atoms with Gasteiger partial charge in [-0.25, -0.2) is 0 Å². The van der Waals surface area contributed by atoms with E-state index in [1.807, 2.05) is 84.9 Å². The first-order valence-corrected chi connectivity index (χ1v) is 14.6. The van der Waals surface area contributed by atoms with Crippen molar-refractivity contribution >= 4 is 43.9 Å². The third-order valence-corrected chi connectivity index (χ3v) is 8.32. The molecule has 214 valence electrons. The van der Waals surface area contributed by atoms with Crippen molar-refractivity contribution in [3.8, 4) is 23.0 Å². The molecule has 4 heterocycles. The summed E-state index contributed by atoms with van der Waals surface area (Å²) < 4.78 is 25.1. The number of hydrogen-bond donors (Lipinski definition) is 0. The Kier molecular flexibility index (Phi) is 5.91. The zero-order chi connectivity index (χ0) is 29.9. The van der Waals surface area contributed by atoms with Gasteiger partial charge in [-0.15, -0.1) is 10.2 Å². The van der Waals surface area contributed by atoms with E-state index in [0.717, 1.165) is 55.0 Å². The number of para-hydroxylation sites is 2. The summed E-state index contributed by atoms with van der Waals surface area (Å²) >= 11 is 0. The summed E-state index contributed by atoms with van der Waals surface area (Å²) in [5.74, 6) is 2.41. The van der Waals surface area contributed by atoms with Crippen LogP contribution in [0.1, 0.15) is 22.3 Å². The van der Waals surface area contributed by atoms with Crippen molar-refractivity contribution in [3.05, 3.63) is 130 Å². The quantitative estimate of drug-likeness (QED) is 0.196. The molecule has 6 heteroatoms. The Balaban J connectivity index is 1.39. The smallest absolute Gasteiger partial charge is 0.172 e. The second kappa shape index (κ2) is 9.99.